The lowest BCUT2D eigenvalue weighted by Crippen LogP contribution is -2.18. The van der Waals surface area contributed by atoms with Gasteiger partial charge < -0.3 is 0 Å². The zero-order valence-corrected chi connectivity index (χ0v) is 11.2. The molecule has 3 rings (SSSR count). The Morgan fingerprint density at radius 3 is 2.42 bits per heavy atom. The van der Waals surface area contributed by atoms with Gasteiger partial charge in [0.1, 0.15) is 5.82 Å². The minimum Gasteiger partial charge on any atom is -0.268 e. The Morgan fingerprint density at radius 1 is 1.26 bits per heavy atom. The highest BCUT2D eigenvalue weighted by molar-refractivity contribution is 7.89. The first-order valence-corrected chi connectivity index (χ1v) is 7.56. The molecule has 2 atom stereocenters. The molecule has 1 aliphatic carbocycles. The van der Waals surface area contributed by atoms with Crippen molar-refractivity contribution in [1.29, 1.82) is 0 Å². The number of hydrogen-bond donors (Lipinski definition) is 1. The fourth-order valence-corrected chi connectivity index (χ4v) is 2.82. The highest BCUT2D eigenvalue weighted by Crippen LogP contribution is 2.46. The molecule has 7 heteroatoms. The SMILES string of the molecule is CC1CC1c1nnc(S(N)(=O)=O)n1-c1ccccc1. The summed E-state index contributed by atoms with van der Waals surface area (Å²) in [6, 6.07) is 9.16. The monoisotopic (exact) mass is 278 g/mol. The Kier molecular flexibility index (Phi) is 2.68. The quantitative estimate of drug-likeness (QED) is 0.908. The second-order valence-electron chi connectivity index (χ2n) is 4.88. The summed E-state index contributed by atoms with van der Waals surface area (Å²) in [5.74, 6) is 1.42. The van der Waals surface area contributed by atoms with Crippen LogP contribution >= 0.6 is 0 Å². The van der Waals surface area contributed by atoms with Crippen LogP contribution in [0.1, 0.15) is 25.1 Å². The summed E-state index contributed by atoms with van der Waals surface area (Å²) >= 11 is 0. The van der Waals surface area contributed by atoms with Crippen LogP contribution < -0.4 is 5.14 Å². The second-order valence-corrected chi connectivity index (χ2v) is 6.33. The highest BCUT2D eigenvalue weighted by atomic mass is 32.2. The summed E-state index contributed by atoms with van der Waals surface area (Å²) in [5.41, 5.74) is 0.714. The van der Waals surface area contributed by atoms with Crippen molar-refractivity contribution in [2.45, 2.75) is 24.4 Å². The summed E-state index contributed by atoms with van der Waals surface area (Å²) in [7, 11) is -3.89. The normalized spacial score (nSPS) is 22.4. The molecule has 0 aliphatic heterocycles. The molecule has 1 aromatic carbocycles. The maximum atomic E-state index is 11.6. The van der Waals surface area contributed by atoms with Gasteiger partial charge in [0.25, 0.3) is 15.2 Å². The fraction of sp³-hybridized carbons (Fsp3) is 0.333. The van der Waals surface area contributed by atoms with Crippen LogP contribution in [0.3, 0.4) is 0 Å². The lowest BCUT2D eigenvalue weighted by molar-refractivity contribution is 0.584. The van der Waals surface area contributed by atoms with Gasteiger partial charge >= 0.3 is 0 Å². The van der Waals surface area contributed by atoms with E-state index in [1.54, 1.807) is 4.57 Å². The summed E-state index contributed by atoms with van der Waals surface area (Å²) in [5, 5.41) is 12.8. The van der Waals surface area contributed by atoms with E-state index in [1.165, 1.54) is 0 Å². The third-order valence-corrected chi connectivity index (χ3v) is 4.14. The first kappa shape index (κ1) is 12.3. The predicted molar refractivity (Wildman–Crippen MR) is 69.3 cm³/mol. The van der Waals surface area contributed by atoms with E-state index in [0.29, 0.717) is 17.4 Å². The molecule has 0 bridgehead atoms. The average molecular weight is 278 g/mol. The van der Waals surface area contributed by atoms with Gasteiger partial charge in [-0.3, -0.25) is 4.57 Å². The van der Waals surface area contributed by atoms with Crippen molar-refractivity contribution < 1.29 is 8.42 Å². The van der Waals surface area contributed by atoms with Crippen LogP contribution in [0.25, 0.3) is 5.69 Å². The Hall–Kier alpha value is -1.73. The number of nitrogens with zero attached hydrogens (tertiary/aromatic N) is 3. The van der Waals surface area contributed by atoms with Crippen molar-refractivity contribution in [3.63, 3.8) is 0 Å². The van der Waals surface area contributed by atoms with Gasteiger partial charge in [0.05, 0.1) is 0 Å². The van der Waals surface area contributed by atoms with E-state index >= 15 is 0 Å². The van der Waals surface area contributed by atoms with E-state index in [0.717, 1.165) is 6.42 Å². The van der Waals surface area contributed by atoms with E-state index in [1.807, 2.05) is 30.3 Å². The van der Waals surface area contributed by atoms with E-state index in [9.17, 15) is 8.42 Å². The minimum atomic E-state index is -3.89. The Morgan fingerprint density at radius 2 is 1.89 bits per heavy atom. The number of para-hydroxylation sites is 1. The molecule has 19 heavy (non-hydrogen) atoms. The van der Waals surface area contributed by atoms with Crippen molar-refractivity contribution in [2.24, 2.45) is 11.1 Å². The lowest BCUT2D eigenvalue weighted by atomic mass is 10.3. The van der Waals surface area contributed by atoms with Crippen LogP contribution in [0.4, 0.5) is 0 Å². The minimum absolute atomic E-state index is 0.201. The van der Waals surface area contributed by atoms with Crippen LogP contribution in [-0.4, -0.2) is 23.2 Å². The maximum absolute atomic E-state index is 11.6. The van der Waals surface area contributed by atoms with E-state index in [2.05, 4.69) is 17.1 Å². The molecule has 0 radical (unpaired) electrons. The van der Waals surface area contributed by atoms with Crippen LogP contribution in [-0.2, 0) is 10.0 Å². The molecule has 0 spiro atoms. The van der Waals surface area contributed by atoms with Gasteiger partial charge in [0, 0.05) is 11.6 Å². The largest absolute Gasteiger partial charge is 0.274 e. The zero-order chi connectivity index (χ0) is 13.6. The molecule has 1 heterocycles. The van der Waals surface area contributed by atoms with Gasteiger partial charge in [0.15, 0.2) is 0 Å². The Labute approximate surface area is 111 Å². The van der Waals surface area contributed by atoms with E-state index in [4.69, 9.17) is 5.14 Å². The molecule has 1 fully saturated rings. The Balaban J connectivity index is 2.22. The summed E-state index contributed by atoms with van der Waals surface area (Å²) < 4.78 is 24.8. The number of sulfonamides is 1. The van der Waals surface area contributed by atoms with Crippen molar-refractivity contribution in [2.75, 3.05) is 0 Å². The molecule has 1 aromatic heterocycles. The predicted octanol–water partition coefficient (Wildman–Crippen LogP) is 1.04. The summed E-state index contributed by atoms with van der Waals surface area (Å²) in [6.07, 6.45) is 0.996. The van der Waals surface area contributed by atoms with Gasteiger partial charge in [-0.15, -0.1) is 10.2 Å². The lowest BCUT2D eigenvalue weighted by Gasteiger charge is -2.08. The van der Waals surface area contributed by atoms with Gasteiger partial charge in [-0.25, -0.2) is 13.6 Å². The number of rotatable bonds is 3. The molecule has 2 aromatic rings. The zero-order valence-electron chi connectivity index (χ0n) is 10.4. The highest BCUT2D eigenvalue weighted by Gasteiger charge is 2.40. The smallest absolute Gasteiger partial charge is 0.268 e. The van der Waals surface area contributed by atoms with Crippen molar-refractivity contribution >= 4 is 10.0 Å². The number of benzene rings is 1. The third kappa shape index (κ3) is 2.15. The van der Waals surface area contributed by atoms with Crippen LogP contribution in [0.15, 0.2) is 35.5 Å². The molecule has 1 saturated carbocycles. The van der Waals surface area contributed by atoms with Crippen LogP contribution in [0, 0.1) is 5.92 Å². The second kappa shape index (κ2) is 4.14. The van der Waals surface area contributed by atoms with E-state index in [-0.39, 0.29) is 11.1 Å². The summed E-state index contributed by atoms with van der Waals surface area (Å²) in [4.78, 5) is 0. The molecule has 2 unspecified atom stereocenters. The Bertz CT molecular complexity index is 709. The first-order chi connectivity index (χ1) is 8.98. The third-order valence-electron chi connectivity index (χ3n) is 3.37. The van der Waals surface area contributed by atoms with Gasteiger partial charge in [-0.05, 0) is 24.5 Å². The van der Waals surface area contributed by atoms with Crippen molar-refractivity contribution in [3.8, 4) is 5.69 Å². The van der Waals surface area contributed by atoms with Crippen LogP contribution in [0.2, 0.25) is 0 Å². The standard InChI is InChI=1S/C12H14N4O2S/c1-8-7-10(8)11-14-15-12(19(13,17)18)16(11)9-5-3-2-4-6-9/h2-6,8,10H,7H2,1H3,(H2,13,17,18). The molecule has 100 valence electrons. The molecule has 0 amide bonds. The van der Waals surface area contributed by atoms with Crippen molar-refractivity contribution in [3.05, 3.63) is 36.2 Å². The number of aromatic nitrogens is 3. The summed E-state index contributed by atoms with van der Waals surface area (Å²) in [6.45, 7) is 2.10. The number of hydrogen-bond acceptors (Lipinski definition) is 4. The van der Waals surface area contributed by atoms with Gasteiger partial charge in [-0.1, -0.05) is 25.1 Å². The topological polar surface area (TPSA) is 90.9 Å². The first-order valence-electron chi connectivity index (χ1n) is 6.02. The molecular weight excluding hydrogens is 264 g/mol. The number of primary sulfonamides is 1. The van der Waals surface area contributed by atoms with E-state index < -0.39 is 10.0 Å². The average Bonchev–Trinajstić information content (AvgIpc) is 2.92. The molecule has 0 saturated heterocycles. The number of nitrogens with two attached hydrogens (primary N) is 1. The van der Waals surface area contributed by atoms with Crippen LogP contribution in [0.5, 0.6) is 0 Å². The van der Waals surface area contributed by atoms with Crippen molar-refractivity contribution in [1.82, 2.24) is 14.8 Å². The molecule has 1 aliphatic rings. The maximum Gasteiger partial charge on any atom is 0.274 e. The molecular formula is C12H14N4O2S. The van der Waals surface area contributed by atoms with Gasteiger partial charge in [-0.2, -0.15) is 0 Å². The molecule has 6 nitrogen and oxygen atoms in total. The fourth-order valence-electron chi connectivity index (χ4n) is 2.21. The van der Waals surface area contributed by atoms with Gasteiger partial charge in [0.2, 0.25) is 0 Å². The molecule has 2 N–H and O–H groups in total.